The van der Waals surface area contributed by atoms with Gasteiger partial charge in [0.05, 0.1) is 11.4 Å². The van der Waals surface area contributed by atoms with Gasteiger partial charge in [0.25, 0.3) is 5.91 Å². The van der Waals surface area contributed by atoms with Crippen LogP contribution >= 0.6 is 0 Å². The Balaban J connectivity index is 1.42. The number of benzodiazepines with no additional fused rings is 1. The lowest BCUT2D eigenvalue weighted by Gasteiger charge is -2.30. The third kappa shape index (κ3) is 6.36. The van der Waals surface area contributed by atoms with Crippen molar-refractivity contribution in [2.45, 2.75) is 45.4 Å². The molecule has 1 aliphatic carbocycles. The number of alkyl carbamates (subject to hydrolysis) is 1. The molecule has 2 aromatic rings. The van der Waals surface area contributed by atoms with Gasteiger partial charge in [-0.05, 0) is 69.7 Å². The number of carbonyl (C=O) groups excluding carboxylic acids is 3. The third-order valence-corrected chi connectivity index (χ3v) is 8.11. The van der Waals surface area contributed by atoms with Crippen molar-refractivity contribution in [1.29, 1.82) is 0 Å². The average molecular weight is 546 g/mol. The molecule has 2 aromatic carbocycles. The number of likely N-dealkylation sites (N-methyl/N-ethyl adjacent to an activating group) is 1. The highest BCUT2D eigenvalue weighted by atomic mass is 16.5. The molecule has 1 atom stereocenters. The number of amides is 3. The zero-order valence-corrected chi connectivity index (χ0v) is 23.6. The van der Waals surface area contributed by atoms with E-state index in [0.29, 0.717) is 29.8 Å². The van der Waals surface area contributed by atoms with E-state index in [1.807, 2.05) is 79.3 Å². The van der Waals surface area contributed by atoms with Gasteiger partial charge in [-0.3, -0.25) is 24.8 Å². The molecule has 4 aliphatic rings. The van der Waals surface area contributed by atoms with Crippen molar-refractivity contribution in [3.05, 3.63) is 65.2 Å². The molecule has 3 heterocycles. The van der Waals surface area contributed by atoms with Crippen molar-refractivity contribution >= 4 is 29.3 Å². The first-order chi connectivity index (χ1) is 19.3. The minimum absolute atomic E-state index is 0.0668. The van der Waals surface area contributed by atoms with Gasteiger partial charge in [0.1, 0.15) is 13.2 Å². The van der Waals surface area contributed by atoms with Crippen molar-refractivity contribution in [2.75, 3.05) is 45.2 Å². The number of carbonyl (C=O) groups is 3. The standard InChI is InChI=1S/C31H39N5O4/c1-21-8-7-11-25-26(18-34(2)3)32-29(33-31(39)40-20-24-9-5-4-6-10-24)30(38)36(28(21)25)19-27(37)35-16-22-12-13-23(17-35)15-14-22/h4-11,22-23,29H,12-20H2,1-3H3,(H,33,39)/t22?,23?,29-/m1/s1. The molecule has 0 unspecified atom stereocenters. The van der Waals surface area contributed by atoms with E-state index >= 15 is 0 Å². The second-order valence-electron chi connectivity index (χ2n) is 11.5. The second kappa shape index (κ2) is 12.2. The van der Waals surface area contributed by atoms with Crippen molar-refractivity contribution in [3.63, 3.8) is 0 Å². The van der Waals surface area contributed by atoms with Crippen LogP contribution in [0.4, 0.5) is 10.5 Å². The number of fused-ring (bicyclic) bond motifs is 5. The van der Waals surface area contributed by atoms with Crippen LogP contribution in [0.2, 0.25) is 0 Å². The first-order valence-electron chi connectivity index (χ1n) is 14.2. The molecular weight excluding hydrogens is 506 g/mol. The molecule has 2 bridgehead atoms. The number of anilines is 1. The summed E-state index contributed by atoms with van der Waals surface area (Å²) < 4.78 is 5.42. The van der Waals surface area contributed by atoms with Crippen molar-refractivity contribution in [3.8, 4) is 0 Å². The van der Waals surface area contributed by atoms with Crippen LogP contribution in [0.1, 0.15) is 42.4 Å². The Morgan fingerprint density at radius 1 is 1.00 bits per heavy atom. The van der Waals surface area contributed by atoms with Crippen LogP contribution in [0.5, 0.6) is 0 Å². The smallest absolute Gasteiger partial charge is 0.409 e. The Labute approximate surface area is 236 Å². The zero-order chi connectivity index (χ0) is 28.2. The number of nitrogens with zero attached hydrogens (tertiary/aromatic N) is 4. The summed E-state index contributed by atoms with van der Waals surface area (Å²) in [6.07, 6.45) is 2.69. The van der Waals surface area contributed by atoms with E-state index in [1.165, 1.54) is 4.90 Å². The second-order valence-corrected chi connectivity index (χ2v) is 11.5. The summed E-state index contributed by atoms with van der Waals surface area (Å²) in [6, 6.07) is 15.1. The van der Waals surface area contributed by atoms with Crippen LogP contribution in [0.3, 0.4) is 0 Å². The van der Waals surface area contributed by atoms with E-state index in [2.05, 4.69) is 5.32 Å². The fourth-order valence-electron chi connectivity index (χ4n) is 6.07. The van der Waals surface area contributed by atoms with E-state index in [1.54, 1.807) is 0 Å². The first kappa shape index (κ1) is 27.8. The highest BCUT2D eigenvalue weighted by Crippen LogP contribution is 2.35. The van der Waals surface area contributed by atoms with E-state index in [4.69, 9.17) is 9.73 Å². The van der Waals surface area contributed by atoms with Crippen LogP contribution < -0.4 is 10.2 Å². The highest BCUT2D eigenvalue weighted by molar-refractivity contribution is 6.15. The number of ether oxygens (including phenoxy) is 1. The number of nitrogens with one attached hydrogen (secondary N) is 1. The first-order valence-corrected chi connectivity index (χ1v) is 14.2. The van der Waals surface area contributed by atoms with Gasteiger partial charge in [0.15, 0.2) is 0 Å². The Kier molecular flexibility index (Phi) is 8.49. The normalized spacial score (nSPS) is 22.4. The number of para-hydroxylation sites is 1. The van der Waals surface area contributed by atoms with E-state index in [9.17, 15) is 14.4 Å². The maximum Gasteiger partial charge on any atom is 0.409 e. The molecule has 6 rings (SSSR count). The number of hydrogen-bond acceptors (Lipinski definition) is 6. The van der Waals surface area contributed by atoms with Gasteiger partial charge >= 0.3 is 6.09 Å². The maximum absolute atomic E-state index is 14.1. The van der Waals surface area contributed by atoms with Crippen LogP contribution in [0.25, 0.3) is 0 Å². The van der Waals surface area contributed by atoms with Crippen LogP contribution in [0.15, 0.2) is 53.5 Å². The topological polar surface area (TPSA) is 94.5 Å². The highest BCUT2D eigenvalue weighted by Gasteiger charge is 2.37. The van der Waals surface area contributed by atoms with Crippen molar-refractivity contribution in [2.24, 2.45) is 16.8 Å². The molecule has 40 heavy (non-hydrogen) atoms. The molecule has 212 valence electrons. The van der Waals surface area contributed by atoms with Crippen molar-refractivity contribution in [1.82, 2.24) is 15.1 Å². The van der Waals surface area contributed by atoms with Gasteiger partial charge in [0.2, 0.25) is 12.1 Å². The van der Waals surface area contributed by atoms with E-state index in [-0.39, 0.29) is 19.1 Å². The summed E-state index contributed by atoms with van der Waals surface area (Å²) in [7, 11) is 3.85. The van der Waals surface area contributed by atoms with Gasteiger partial charge in [0, 0.05) is 25.2 Å². The number of hydrogen-bond donors (Lipinski definition) is 1. The molecule has 9 heteroatoms. The lowest BCUT2D eigenvalue weighted by molar-refractivity contribution is -0.132. The zero-order valence-electron chi connectivity index (χ0n) is 23.6. The number of rotatable bonds is 7. The predicted octanol–water partition coefficient (Wildman–Crippen LogP) is 3.59. The summed E-state index contributed by atoms with van der Waals surface area (Å²) in [4.78, 5) is 50.9. The predicted molar refractivity (Wildman–Crippen MR) is 154 cm³/mol. The summed E-state index contributed by atoms with van der Waals surface area (Å²) >= 11 is 0. The summed E-state index contributed by atoms with van der Waals surface area (Å²) in [6.45, 7) is 3.85. The number of aliphatic imine (C=N–C) groups is 1. The van der Waals surface area contributed by atoms with Gasteiger partial charge in [-0.25, -0.2) is 4.79 Å². The lowest BCUT2D eigenvalue weighted by Crippen LogP contribution is -2.51. The van der Waals surface area contributed by atoms with Crippen LogP contribution in [-0.2, 0) is 20.9 Å². The van der Waals surface area contributed by atoms with Gasteiger partial charge in [-0.15, -0.1) is 0 Å². The largest absolute Gasteiger partial charge is 0.445 e. The summed E-state index contributed by atoms with van der Waals surface area (Å²) in [5, 5.41) is 2.67. The van der Waals surface area contributed by atoms with Gasteiger partial charge in [-0.1, -0.05) is 48.5 Å². The minimum atomic E-state index is -1.22. The maximum atomic E-state index is 14.1. The Morgan fingerprint density at radius 3 is 2.33 bits per heavy atom. The molecule has 0 spiro atoms. The lowest BCUT2D eigenvalue weighted by atomic mass is 9.84. The number of aryl methyl sites for hydroxylation is 1. The van der Waals surface area contributed by atoms with E-state index < -0.39 is 18.2 Å². The fraction of sp³-hybridized carbons (Fsp3) is 0.484. The summed E-state index contributed by atoms with van der Waals surface area (Å²) in [5.41, 5.74) is 3.82. The Morgan fingerprint density at radius 2 is 1.68 bits per heavy atom. The molecule has 3 fully saturated rings. The molecule has 9 nitrogen and oxygen atoms in total. The van der Waals surface area contributed by atoms with Gasteiger partial charge < -0.3 is 14.5 Å². The average Bonchev–Trinajstić information content (AvgIpc) is 3.32. The monoisotopic (exact) mass is 545 g/mol. The fourth-order valence-corrected chi connectivity index (χ4v) is 6.07. The van der Waals surface area contributed by atoms with Crippen LogP contribution in [0, 0.1) is 18.8 Å². The SMILES string of the molecule is Cc1cccc2c1N(CC(=O)N1CC3CCC(CC3)C1)C(=O)[C@@H](NC(=O)OCc1ccccc1)N=C2CN(C)C. The molecule has 1 N–H and O–H groups in total. The van der Waals surface area contributed by atoms with Gasteiger partial charge in [-0.2, -0.15) is 0 Å². The molecular formula is C31H39N5O4. The molecule has 1 saturated carbocycles. The quantitative estimate of drug-likeness (QED) is 0.574. The molecule has 0 radical (unpaired) electrons. The summed E-state index contributed by atoms with van der Waals surface area (Å²) in [5.74, 6) is 0.538. The molecule has 0 aromatic heterocycles. The number of benzene rings is 2. The van der Waals surface area contributed by atoms with Crippen LogP contribution in [-0.4, -0.2) is 79.9 Å². The van der Waals surface area contributed by atoms with Crippen molar-refractivity contribution < 1.29 is 19.1 Å². The Bertz CT molecular complexity index is 1260. The molecule has 2 saturated heterocycles. The molecule has 3 aliphatic heterocycles. The molecule has 3 amide bonds. The van der Waals surface area contributed by atoms with E-state index in [0.717, 1.165) is 55.5 Å². The third-order valence-electron chi connectivity index (χ3n) is 8.11. The Hall–Kier alpha value is -3.72. The minimum Gasteiger partial charge on any atom is -0.445 e.